The topological polar surface area (TPSA) is 34.1 Å². The van der Waals surface area contributed by atoms with E-state index in [2.05, 4.69) is 0 Å². The SMILES string of the molecule is O=S(=O)(CC1CCCCC1)c1cccc(-c2ccccc2)c1. The predicted molar refractivity (Wildman–Crippen MR) is 90.5 cm³/mol. The lowest BCUT2D eigenvalue weighted by Crippen LogP contribution is -2.18. The summed E-state index contributed by atoms with van der Waals surface area (Å²) >= 11 is 0. The van der Waals surface area contributed by atoms with E-state index < -0.39 is 9.84 Å². The number of benzene rings is 2. The van der Waals surface area contributed by atoms with Crippen molar-refractivity contribution in [1.82, 2.24) is 0 Å². The highest BCUT2D eigenvalue weighted by atomic mass is 32.2. The maximum Gasteiger partial charge on any atom is 0.178 e. The Morgan fingerprint density at radius 3 is 2.23 bits per heavy atom. The summed E-state index contributed by atoms with van der Waals surface area (Å²) in [5.41, 5.74) is 2.02. The van der Waals surface area contributed by atoms with Gasteiger partial charge in [-0.25, -0.2) is 8.42 Å². The van der Waals surface area contributed by atoms with Crippen molar-refractivity contribution in [1.29, 1.82) is 0 Å². The molecule has 1 fully saturated rings. The fourth-order valence-electron chi connectivity index (χ4n) is 3.26. The molecule has 3 rings (SSSR count). The van der Waals surface area contributed by atoms with Gasteiger partial charge in [-0.15, -0.1) is 0 Å². The monoisotopic (exact) mass is 314 g/mol. The smallest absolute Gasteiger partial charge is 0.178 e. The van der Waals surface area contributed by atoms with Crippen LogP contribution in [0.4, 0.5) is 0 Å². The van der Waals surface area contributed by atoms with E-state index in [-0.39, 0.29) is 0 Å². The molecule has 0 saturated heterocycles. The Kier molecular flexibility index (Phi) is 4.63. The third-order valence-corrected chi connectivity index (χ3v) is 6.36. The number of hydrogen-bond acceptors (Lipinski definition) is 2. The second kappa shape index (κ2) is 6.66. The Hall–Kier alpha value is -1.61. The highest BCUT2D eigenvalue weighted by Gasteiger charge is 2.23. The fraction of sp³-hybridized carbons (Fsp3) is 0.368. The summed E-state index contributed by atoms with van der Waals surface area (Å²) in [6, 6.07) is 17.3. The molecule has 0 heterocycles. The van der Waals surface area contributed by atoms with Crippen LogP contribution in [0.2, 0.25) is 0 Å². The zero-order chi connectivity index (χ0) is 15.4. The van der Waals surface area contributed by atoms with Crippen LogP contribution in [0.3, 0.4) is 0 Å². The van der Waals surface area contributed by atoms with Crippen LogP contribution in [0.5, 0.6) is 0 Å². The van der Waals surface area contributed by atoms with Crippen LogP contribution in [-0.2, 0) is 9.84 Å². The molecule has 2 aromatic rings. The fourth-order valence-corrected chi connectivity index (χ4v) is 5.00. The lowest BCUT2D eigenvalue weighted by molar-refractivity contribution is 0.385. The molecule has 2 aromatic carbocycles. The van der Waals surface area contributed by atoms with Crippen molar-refractivity contribution in [3.63, 3.8) is 0 Å². The molecule has 0 atom stereocenters. The van der Waals surface area contributed by atoms with Gasteiger partial charge in [0.15, 0.2) is 9.84 Å². The molecule has 0 aromatic heterocycles. The van der Waals surface area contributed by atoms with Gasteiger partial charge in [-0.05, 0) is 42.0 Å². The summed E-state index contributed by atoms with van der Waals surface area (Å²) in [5, 5.41) is 0. The van der Waals surface area contributed by atoms with Gasteiger partial charge < -0.3 is 0 Å². The average molecular weight is 314 g/mol. The molecule has 0 spiro atoms. The first-order valence-electron chi connectivity index (χ1n) is 8.03. The van der Waals surface area contributed by atoms with E-state index in [1.165, 1.54) is 19.3 Å². The predicted octanol–water partition coefficient (Wildman–Crippen LogP) is 4.71. The summed E-state index contributed by atoms with van der Waals surface area (Å²) in [6.45, 7) is 0. The van der Waals surface area contributed by atoms with Crippen LogP contribution >= 0.6 is 0 Å². The van der Waals surface area contributed by atoms with Gasteiger partial charge in [-0.1, -0.05) is 61.7 Å². The van der Waals surface area contributed by atoms with Crippen molar-refractivity contribution >= 4 is 9.84 Å². The zero-order valence-corrected chi connectivity index (χ0v) is 13.6. The quantitative estimate of drug-likeness (QED) is 0.819. The van der Waals surface area contributed by atoms with E-state index in [0.29, 0.717) is 16.6 Å². The molecule has 0 aliphatic heterocycles. The number of hydrogen-bond donors (Lipinski definition) is 0. The Balaban J connectivity index is 1.84. The van der Waals surface area contributed by atoms with Crippen LogP contribution < -0.4 is 0 Å². The number of sulfone groups is 1. The van der Waals surface area contributed by atoms with Gasteiger partial charge in [0.1, 0.15) is 0 Å². The molecule has 0 radical (unpaired) electrons. The minimum atomic E-state index is -3.19. The summed E-state index contributed by atoms with van der Waals surface area (Å²) < 4.78 is 25.4. The molecule has 1 aliphatic rings. The van der Waals surface area contributed by atoms with Gasteiger partial charge in [0.25, 0.3) is 0 Å². The minimum absolute atomic E-state index is 0.297. The van der Waals surface area contributed by atoms with Crippen molar-refractivity contribution in [2.75, 3.05) is 5.75 Å². The highest BCUT2D eigenvalue weighted by Crippen LogP contribution is 2.28. The summed E-state index contributed by atoms with van der Waals surface area (Å²) in [4.78, 5) is 0.458. The molecule has 0 amide bonds. The first kappa shape index (κ1) is 15.3. The van der Waals surface area contributed by atoms with E-state index in [0.717, 1.165) is 24.0 Å². The molecule has 2 nitrogen and oxygen atoms in total. The summed E-state index contributed by atoms with van der Waals surface area (Å²) in [6.07, 6.45) is 5.70. The van der Waals surface area contributed by atoms with Crippen molar-refractivity contribution in [2.45, 2.75) is 37.0 Å². The first-order chi connectivity index (χ1) is 10.6. The van der Waals surface area contributed by atoms with E-state index in [9.17, 15) is 8.42 Å². The van der Waals surface area contributed by atoms with Crippen molar-refractivity contribution in [2.24, 2.45) is 5.92 Å². The van der Waals surface area contributed by atoms with Gasteiger partial charge >= 0.3 is 0 Å². The number of rotatable bonds is 4. The highest BCUT2D eigenvalue weighted by molar-refractivity contribution is 7.91. The van der Waals surface area contributed by atoms with E-state index in [4.69, 9.17) is 0 Å². The Morgan fingerprint density at radius 2 is 1.50 bits per heavy atom. The third-order valence-electron chi connectivity index (χ3n) is 4.48. The lowest BCUT2D eigenvalue weighted by Gasteiger charge is -2.21. The van der Waals surface area contributed by atoms with Crippen LogP contribution in [-0.4, -0.2) is 14.2 Å². The van der Waals surface area contributed by atoms with Gasteiger partial charge in [-0.2, -0.15) is 0 Å². The van der Waals surface area contributed by atoms with Gasteiger partial charge in [0.05, 0.1) is 10.6 Å². The molecule has 1 aliphatic carbocycles. The Bertz CT molecular complexity index is 714. The Labute approximate surface area is 133 Å². The molecule has 0 N–H and O–H groups in total. The molecule has 0 unspecified atom stereocenters. The van der Waals surface area contributed by atoms with Crippen molar-refractivity contribution in [3.05, 3.63) is 54.6 Å². The molecular formula is C19H22O2S. The summed E-state index contributed by atoms with van der Waals surface area (Å²) in [5.74, 6) is 0.629. The normalized spacial score (nSPS) is 16.5. The molecule has 116 valence electrons. The second-order valence-electron chi connectivity index (χ2n) is 6.18. The first-order valence-corrected chi connectivity index (χ1v) is 9.69. The van der Waals surface area contributed by atoms with E-state index >= 15 is 0 Å². The molecule has 0 bridgehead atoms. The van der Waals surface area contributed by atoms with Gasteiger partial charge in [-0.3, -0.25) is 0 Å². The van der Waals surface area contributed by atoms with Crippen molar-refractivity contribution < 1.29 is 8.42 Å². The molecule has 3 heteroatoms. The maximum absolute atomic E-state index is 12.7. The van der Waals surface area contributed by atoms with Gasteiger partial charge in [0, 0.05) is 0 Å². The van der Waals surface area contributed by atoms with E-state index in [1.807, 2.05) is 48.5 Å². The molecule has 22 heavy (non-hydrogen) atoms. The molecule has 1 saturated carbocycles. The third kappa shape index (κ3) is 3.58. The van der Waals surface area contributed by atoms with Crippen LogP contribution in [0.1, 0.15) is 32.1 Å². The largest absolute Gasteiger partial charge is 0.224 e. The second-order valence-corrected chi connectivity index (χ2v) is 8.21. The zero-order valence-electron chi connectivity index (χ0n) is 12.7. The lowest BCUT2D eigenvalue weighted by atomic mass is 9.91. The minimum Gasteiger partial charge on any atom is -0.224 e. The summed E-state index contributed by atoms with van der Waals surface area (Å²) in [7, 11) is -3.19. The maximum atomic E-state index is 12.7. The van der Waals surface area contributed by atoms with Crippen LogP contribution in [0.15, 0.2) is 59.5 Å². The Morgan fingerprint density at radius 1 is 0.818 bits per heavy atom. The molecular weight excluding hydrogens is 292 g/mol. The average Bonchev–Trinajstić information content (AvgIpc) is 2.56. The standard InChI is InChI=1S/C19H22O2S/c20-22(21,15-16-8-3-1-4-9-16)19-13-7-12-18(14-19)17-10-5-2-6-11-17/h2,5-7,10-14,16H,1,3-4,8-9,15H2. The van der Waals surface area contributed by atoms with Gasteiger partial charge in [0.2, 0.25) is 0 Å². The van der Waals surface area contributed by atoms with Crippen molar-refractivity contribution in [3.8, 4) is 11.1 Å². The van der Waals surface area contributed by atoms with E-state index in [1.54, 1.807) is 6.07 Å². The van der Waals surface area contributed by atoms with Crippen LogP contribution in [0, 0.1) is 5.92 Å². The van der Waals surface area contributed by atoms with Crippen LogP contribution in [0.25, 0.3) is 11.1 Å².